The zero-order chi connectivity index (χ0) is 19.7. The van der Waals surface area contributed by atoms with Gasteiger partial charge in [0, 0.05) is 49.2 Å². The van der Waals surface area contributed by atoms with E-state index >= 15 is 0 Å². The van der Waals surface area contributed by atoms with Gasteiger partial charge >= 0.3 is 0 Å². The third-order valence-electron chi connectivity index (χ3n) is 5.83. The SMILES string of the molecule is COc1ccc(C(=O)N2CC3CCC2CN(C(=O)c2ccncc2)C3)cc1C. The van der Waals surface area contributed by atoms with Gasteiger partial charge in [0.05, 0.1) is 7.11 Å². The fraction of sp³-hybridized carbons (Fsp3) is 0.409. The van der Waals surface area contributed by atoms with Crippen LogP contribution in [-0.2, 0) is 0 Å². The van der Waals surface area contributed by atoms with Gasteiger partial charge in [0.2, 0.25) is 0 Å². The summed E-state index contributed by atoms with van der Waals surface area (Å²) in [7, 11) is 1.63. The first-order valence-electron chi connectivity index (χ1n) is 9.71. The van der Waals surface area contributed by atoms with Crippen molar-refractivity contribution < 1.29 is 14.3 Å². The highest BCUT2D eigenvalue weighted by atomic mass is 16.5. The fourth-order valence-electron chi connectivity index (χ4n) is 4.35. The van der Waals surface area contributed by atoms with E-state index in [1.807, 2.05) is 34.9 Å². The summed E-state index contributed by atoms with van der Waals surface area (Å²) in [4.78, 5) is 34.0. The van der Waals surface area contributed by atoms with Crippen LogP contribution in [0.15, 0.2) is 42.7 Å². The van der Waals surface area contributed by atoms with E-state index in [9.17, 15) is 9.59 Å². The summed E-state index contributed by atoms with van der Waals surface area (Å²) < 4.78 is 5.30. The molecule has 28 heavy (non-hydrogen) atoms. The van der Waals surface area contributed by atoms with Gasteiger partial charge in [0.25, 0.3) is 11.8 Å². The van der Waals surface area contributed by atoms with Crippen molar-refractivity contribution in [1.29, 1.82) is 0 Å². The number of piperidine rings is 1. The Morgan fingerprint density at radius 3 is 2.50 bits per heavy atom. The molecular weight excluding hydrogens is 354 g/mol. The van der Waals surface area contributed by atoms with Gasteiger partial charge < -0.3 is 14.5 Å². The van der Waals surface area contributed by atoms with Gasteiger partial charge in [-0.1, -0.05) is 0 Å². The lowest BCUT2D eigenvalue weighted by molar-refractivity contribution is 0.0574. The molecule has 3 fully saturated rings. The summed E-state index contributed by atoms with van der Waals surface area (Å²) in [5.41, 5.74) is 2.28. The van der Waals surface area contributed by atoms with Crippen LogP contribution >= 0.6 is 0 Å². The van der Waals surface area contributed by atoms with Crippen molar-refractivity contribution in [3.8, 4) is 5.75 Å². The van der Waals surface area contributed by atoms with Gasteiger partial charge in [0.1, 0.15) is 5.75 Å². The Kier molecular flexibility index (Phi) is 5.03. The molecule has 3 aliphatic rings. The first-order chi connectivity index (χ1) is 13.6. The molecule has 0 aliphatic carbocycles. The molecule has 0 saturated carbocycles. The highest BCUT2D eigenvalue weighted by Gasteiger charge is 2.39. The number of benzene rings is 1. The normalized spacial score (nSPS) is 21.4. The molecule has 2 amide bonds. The molecule has 1 aromatic heterocycles. The largest absolute Gasteiger partial charge is 0.496 e. The molecular formula is C22H25N3O3. The fourth-order valence-corrected chi connectivity index (χ4v) is 4.35. The summed E-state index contributed by atoms with van der Waals surface area (Å²) in [6.07, 6.45) is 5.27. The Labute approximate surface area is 165 Å². The van der Waals surface area contributed by atoms with E-state index in [0.717, 1.165) is 24.2 Å². The number of pyridine rings is 1. The minimum atomic E-state index is 0.0221. The van der Waals surface area contributed by atoms with Crippen molar-refractivity contribution >= 4 is 11.8 Å². The number of aryl methyl sites for hydroxylation is 1. The van der Waals surface area contributed by atoms with Gasteiger partial charge in [-0.3, -0.25) is 14.6 Å². The second-order valence-corrected chi connectivity index (χ2v) is 7.69. The molecule has 6 nitrogen and oxygen atoms in total. The van der Waals surface area contributed by atoms with Crippen LogP contribution in [0.1, 0.15) is 39.1 Å². The van der Waals surface area contributed by atoms with Crippen molar-refractivity contribution in [2.75, 3.05) is 26.7 Å². The first-order valence-corrected chi connectivity index (χ1v) is 9.71. The summed E-state index contributed by atoms with van der Waals surface area (Å²) in [6, 6.07) is 9.11. The minimum Gasteiger partial charge on any atom is -0.496 e. The number of methoxy groups -OCH3 is 1. The van der Waals surface area contributed by atoms with Gasteiger partial charge in [-0.2, -0.15) is 0 Å². The monoisotopic (exact) mass is 379 g/mol. The summed E-state index contributed by atoms with van der Waals surface area (Å²) >= 11 is 0. The number of fused-ring (bicyclic) bond motifs is 4. The van der Waals surface area contributed by atoms with Crippen molar-refractivity contribution in [2.45, 2.75) is 25.8 Å². The molecule has 2 atom stereocenters. The molecule has 0 N–H and O–H groups in total. The Bertz CT molecular complexity index is 884. The van der Waals surface area contributed by atoms with Crippen LogP contribution in [0.5, 0.6) is 5.75 Å². The van der Waals surface area contributed by atoms with Crippen molar-refractivity contribution in [3.63, 3.8) is 0 Å². The van der Waals surface area contributed by atoms with Gasteiger partial charge in [0.15, 0.2) is 0 Å². The zero-order valence-electron chi connectivity index (χ0n) is 16.3. The third kappa shape index (κ3) is 3.46. The van der Waals surface area contributed by atoms with E-state index in [0.29, 0.717) is 36.7 Å². The summed E-state index contributed by atoms with van der Waals surface area (Å²) in [6.45, 7) is 3.93. The maximum Gasteiger partial charge on any atom is 0.254 e. The van der Waals surface area contributed by atoms with E-state index in [2.05, 4.69) is 4.98 Å². The number of ether oxygens (including phenoxy) is 1. The third-order valence-corrected chi connectivity index (χ3v) is 5.83. The molecule has 4 heterocycles. The lowest BCUT2D eigenvalue weighted by Crippen LogP contribution is -2.47. The van der Waals surface area contributed by atoms with Crippen LogP contribution in [0.25, 0.3) is 0 Å². The predicted molar refractivity (Wildman–Crippen MR) is 105 cm³/mol. The number of carbonyl (C=O) groups is 2. The van der Waals surface area contributed by atoms with Crippen LogP contribution < -0.4 is 4.74 Å². The second kappa shape index (κ2) is 7.62. The van der Waals surface area contributed by atoms with E-state index in [-0.39, 0.29) is 17.9 Å². The summed E-state index contributed by atoms with van der Waals surface area (Å²) in [5, 5.41) is 0. The average Bonchev–Trinajstić information content (AvgIpc) is 3.05. The lowest BCUT2D eigenvalue weighted by atomic mass is 9.94. The van der Waals surface area contributed by atoms with Gasteiger partial charge in [-0.05, 0) is 61.6 Å². The molecule has 0 spiro atoms. The maximum absolute atomic E-state index is 13.2. The quantitative estimate of drug-likeness (QED) is 0.823. The first kappa shape index (κ1) is 18.5. The number of amides is 2. The molecule has 2 unspecified atom stereocenters. The molecule has 6 heteroatoms. The Morgan fingerprint density at radius 1 is 1.00 bits per heavy atom. The van der Waals surface area contributed by atoms with Gasteiger partial charge in [-0.25, -0.2) is 0 Å². The minimum absolute atomic E-state index is 0.0221. The van der Waals surface area contributed by atoms with Crippen molar-refractivity contribution in [2.24, 2.45) is 5.92 Å². The van der Waals surface area contributed by atoms with Gasteiger partial charge in [-0.15, -0.1) is 0 Å². The molecule has 1 aromatic carbocycles. The topological polar surface area (TPSA) is 62.7 Å². The van der Waals surface area contributed by atoms with E-state index < -0.39 is 0 Å². The number of carbonyl (C=O) groups excluding carboxylic acids is 2. The Morgan fingerprint density at radius 2 is 1.79 bits per heavy atom. The Hall–Kier alpha value is -2.89. The number of nitrogens with zero attached hydrogens (tertiary/aromatic N) is 3. The van der Waals surface area contributed by atoms with Crippen LogP contribution in [-0.4, -0.2) is 59.4 Å². The summed E-state index contributed by atoms with van der Waals surface area (Å²) in [5.74, 6) is 1.16. The van der Waals surface area contributed by atoms with Crippen LogP contribution in [0, 0.1) is 12.8 Å². The molecule has 3 saturated heterocycles. The smallest absolute Gasteiger partial charge is 0.254 e. The highest BCUT2D eigenvalue weighted by Crippen LogP contribution is 2.30. The molecule has 2 bridgehead atoms. The average molecular weight is 379 g/mol. The van der Waals surface area contributed by atoms with E-state index in [4.69, 9.17) is 4.74 Å². The van der Waals surface area contributed by atoms with Crippen molar-refractivity contribution in [3.05, 3.63) is 59.4 Å². The second-order valence-electron chi connectivity index (χ2n) is 7.69. The zero-order valence-corrected chi connectivity index (χ0v) is 16.3. The molecule has 0 radical (unpaired) electrons. The Balaban J connectivity index is 1.54. The van der Waals surface area contributed by atoms with Crippen molar-refractivity contribution in [1.82, 2.24) is 14.8 Å². The predicted octanol–water partition coefficient (Wildman–Crippen LogP) is 2.78. The van der Waals surface area contributed by atoms with Crippen LogP contribution in [0.3, 0.4) is 0 Å². The highest BCUT2D eigenvalue weighted by molar-refractivity contribution is 5.96. The number of rotatable bonds is 3. The van der Waals surface area contributed by atoms with Crippen LogP contribution in [0.4, 0.5) is 0 Å². The number of aromatic nitrogens is 1. The molecule has 146 valence electrons. The van der Waals surface area contributed by atoms with E-state index in [1.54, 1.807) is 31.6 Å². The lowest BCUT2D eigenvalue weighted by Gasteiger charge is -2.36. The number of hydrogen-bond acceptors (Lipinski definition) is 4. The molecule has 5 rings (SSSR count). The standard InChI is InChI=1S/C22H25N3O3/c1-15-11-18(4-6-20(15)28-2)22(27)25-13-16-3-5-19(25)14-24(12-16)21(26)17-7-9-23-10-8-17/h4,6-11,16,19H,3,5,12-14H2,1-2H3. The number of hydrogen-bond donors (Lipinski definition) is 0. The molecule has 3 aliphatic heterocycles. The van der Waals surface area contributed by atoms with Crippen LogP contribution in [0.2, 0.25) is 0 Å². The van der Waals surface area contributed by atoms with E-state index in [1.165, 1.54) is 0 Å². The maximum atomic E-state index is 13.2. The molecule has 2 aromatic rings.